The van der Waals surface area contributed by atoms with Crippen LogP contribution in [0.2, 0.25) is 0 Å². The number of hydrogen-bond donors (Lipinski definition) is 1. The van der Waals surface area contributed by atoms with Crippen LogP contribution in [-0.2, 0) is 4.79 Å². The van der Waals surface area contributed by atoms with Gasteiger partial charge in [0, 0.05) is 19.5 Å². The molecule has 0 aromatic heterocycles. The Kier molecular flexibility index (Phi) is 2.83. The summed E-state index contributed by atoms with van der Waals surface area (Å²) >= 11 is 0. The van der Waals surface area contributed by atoms with Gasteiger partial charge in [-0.25, -0.2) is 0 Å². The highest BCUT2D eigenvalue weighted by Gasteiger charge is 2.32. The maximum Gasteiger partial charge on any atom is 0.267 e. The molecule has 0 bridgehead atoms. The first-order valence-corrected chi connectivity index (χ1v) is 5.38. The van der Waals surface area contributed by atoms with Crippen molar-refractivity contribution in [2.45, 2.75) is 25.5 Å². The number of anilines is 1. The van der Waals surface area contributed by atoms with Crippen molar-refractivity contribution in [1.29, 1.82) is 0 Å². The molecule has 2 rings (SSSR count). The zero-order valence-electron chi connectivity index (χ0n) is 9.51. The molecule has 16 heavy (non-hydrogen) atoms. The molecule has 0 radical (unpaired) electrons. The smallest absolute Gasteiger partial charge is 0.267 e. The molecule has 0 spiro atoms. The van der Waals surface area contributed by atoms with E-state index in [2.05, 4.69) is 0 Å². The summed E-state index contributed by atoms with van der Waals surface area (Å²) in [7, 11) is 1.76. The summed E-state index contributed by atoms with van der Waals surface area (Å²) in [4.78, 5) is 13.6. The van der Waals surface area contributed by atoms with Gasteiger partial charge in [-0.1, -0.05) is 12.1 Å². The van der Waals surface area contributed by atoms with Gasteiger partial charge >= 0.3 is 0 Å². The van der Waals surface area contributed by atoms with E-state index in [0.29, 0.717) is 6.42 Å². The van der Waals surface area contributed by atoms with Crippen molar-refractivity contribution in [3.05, 3.63) is 24.3 Å². The van der Waals surface area contributed by atoms with Crippen molar-refractivity contribution < 1.29 is 9.53 Å². The number of para-hydroxylation sites is 2. The number of likely N-dealkylation sites (N-methyl/N-ethyl adjacent to an activating group) is 1. The van der Waals surface area contributed by atoms with Crippen LogP contribution in [0.15, 0.2) is 24.3 Å². The first-order chi connectivity index (χ1) is 7.59. The highest BCUT2D eigenvalue weighted by Crippen LogP contribution is 2.33. The van der Waals surface area contributed by atoms with E-state index in [0.717, 1.165) is 11.4 Å². The fraction of sp³-hybridized carbons (Fsp3) is 0.417. The Morgan fingerprint density at radius 1 is 1.50 bits per heavy atom. The summed E-state index contributed by atoms with van der Waals surface area (Å²) < 4.78 is 5.65. The fourth-order valence-corrected chi connectivity index (χ4v) is 1.86. The Balaban J connectivity index is 2.28. The molecule has 4 heteroatoms. The number of ether oxygens (including phenoxy) is 1. The minimum Gasteiger partial charge on any atom is -0.478 e. The van der Waals surface area contributed by atoms with E-state index in [1.165, 1.54) is 0 Å². The summed E-state index contributed by atoms with van der Waals surface area (Å²) in [5.74, 6) is 0.714. The van der Waals surface area contributed by atoms with Crippen LogP contribution in [-0.4, -0.2) is 25.1 Å². The molecule has 1 amide bonds. The van der Waals surface area contributed by atoms with Gasteiger partial charge in [0.2, 0.25) is 0 Å². The third kappa shape index (κ3) is 1.88. The van der Waals surface area contributed by atoms with Crippen molar-refractivity contribution in [3.8, 4) is 5.75 Å². The molecular weight excluding hydrogens is 204 g/mol. The predicted octanol–water partition coefficient (Wildman–Crippen LogP) is 1.15. The van der Waals surface area contributed by atoms with E-state index in [4.69, 9.17) is 10.5 Å². The minimum atomic E-state index is -0.458. The third-order valence-electron chi connectivity index (χ3n) is 2.69. The second-order valence-electron chi connectivity index (χ2n) is 4.18. The van der Waals surface area contributed by atoms with E-state index in [1.807, 2.05) is 31.2 Å². The van der Waals surface area contributed by atoms with Gasteiger partial charge in [0.25, 0.3) is 5.91 Å². The van der Waals surface area contributed by atoms with Crippen LogP contribution in [0.5, 0.6) is 5.75 Å². The van der Waals surface area contributed by atoms with Gasteiger partial charge in [-0.3, -0.25) is 4.79 Å². The average molecular weight is 220 g/mol. The lowest BCUT2D eigenvalue weighted by molar-refractivity contribution is -0.126. The van der Waals surface area contributed by atoms with Crippen molar-refractivity contribution in [1.82, 2.24) is 0 Å². The predicted molar refractivity (Wildman–Crippen MR) is 62.5 cm³/mol. The molecule has 0 aliphatic carbocycles. The standard InChI is InChI=1S/C12H16N2O2/c1-8(13)7-11-12(15)14(2)9-5-3-4-6-10(9)16-11/h3-6,8,11H,7,13H2,1-2H3. The highest BCUT2D eigenvalue weighted by molar-refractivity contribution is 5.99. The van der Waals surface area contributed by atoms with Gasteiger partial charge in [0.1, 0.15) is 5.75 Å². The number of rotatable bonds is 2. The van der Waals surface area contributed by atoms with Crippen LogP contribution in [0, 0.1) is 0 Å². The maximum absolute atomic E-state index is 12.0. The summed E-state index contributed by atoms with van der Waals surface area (Å²) in [6, 6.07) is 7.47. The van der Waals surface area contributed by atoms with Crippen LogP contribution < -0.4 is 15.4 Å². The molecule has 0 saturated carbocycles. The van der Waals surface area contributed by atoms with Crippen LogP contribution in [0.4, 0.5) is 5.69 Å². The van der Waals surface area contributed by atoms with Crippen molar-refractivity contribution in [2.24, 2.45) is 5.73 Å². The van der Waals surface area contributed by atoms with Crippen molar-refractivity contribution in [2.75, 3.05) is 11.9 Å². The zero-order valence-corrected chi connectivity index (χ0v) is 9.51. The van der Waals surface area contributed by atoms with Crippen molar-refractivity contribution in [3.63, 3.8) is 0 Å². The summed E-state index contributed by atoms with van der Waals surface area (Å²) in [5, 5.41) is 0. The second kappa shape index (κ2) is 4.14. The molecule has 86 valence electrons. The van der Waals surface area contributed by atoms with Gasteiger partial charge in [0.05, 0.1) is 5.69 Å². The molecule has 1 aromatic rings. The topological polar surface area (TPSA) is 55.6 Å². The van der Waals surface area contributed by atoms with Crippen LogP contribution in [0.1, 0.15) is 13.3 Å². The Morgan fingerprint density at radius 2 is 2.19 bits per heavy atom. The number of amides is 1. The van der Waals surface area contributed by atoms with E-state index in [9.17, 15) is 4.79 Å². The highest BCUT2D eigenvalue weighted by atomic mass is 16.5. The summed E-state index contributed by atoms with van der Waals surface area (Å²) in [6.07, 6.45) is 0.0808. The van der Waals surface area contributed by atoms with Gasteiger partial charge in [-0.05, 0) is 19.1 Å². The van der Waals surface area contributed by atoms with E-state index >= 15 is 0 Å². The number of carbonyl (C=O) groups excluding carboxylic acids is 1. The Bertz CT molecular complexity index is 404. The molecule has 1 aromatic carbocycles. The average Bonchev–Trinajstić information content (AvgIpc) is 2.25. The van der Waals surface area contributed by atoms with E-state index < -0.39 is 6.10 Å². The first kappa shape index (κ1) is 11.0. The number of carbonyl (C=O) groups is 1. The molecule has 0 saturated heterocycles. The molecule has 1 aliphatic rings. The summed E-state index contributed by atoms with van der Waals surface area (Å²) in [5.41, 5.74) is 6.51. The molecule has 4 nitrogen and oxygen atoms in total. The normalized spacial score (nSPS) is 21.3. The largest absolute Gasteiger partial charge is 0.478 e. The Hall–Kier alpha value is -1.55. The Labute approximate surface area is 95.0 Å². The minimum absolute atomic E-state index is 0.0315. The second-order valence-corrected chi connectivity index (χ2v) is 4.18. The van der Waals surface area contributed by atoms with E-state index in [-0.39, 0.29) is 11.9 Å². The fourth-order valence-electron chi connectivity index (χ4n) is 1.86. The van der Waals surface area contributed by atoms with Crippen LogP contribution >= 0.6 is 0 Å². The molecule has 2 unspecified atom stereocenters. The number of hydrogen-bond acceptors (Lipinski definition) is 3. The zero-order chi connectivity index (χ0) is 11.7. The monoisotopic (exact) mass is 220 g/mol. The molecule has 2 atom stereocenters. The molecular formula is C12H16N2O2. The van der Waals surface area contributed by atoms with Gasteiger partial charge < -0.3 is 15.4 Å². The molecule has 2 N–H and O–H groups in total. The van der Waals surface area contributed by atoms with Crippen molar-refractivity contribution >= 4 is 11.6 Å². The molecule has 1 aliphatic heterocycles. The van der Waals surface area contributed by atoms with Gasteiger partial charge in [-0.2, -0.15) is 0 Å². The lowest BCUT2D eigenvalue weighted by Crippen LogP contribution is -2.45. The third-order valence-corrected chi connectivity index (χ3v) is 2.69. The SMILES string of the molecule is CC(N)CC1Oc2ccccc2N(C)C1=O. The van der Waals surface area contributed by atoms with Gasteiger partial charge in [-0.15, -0.1) is 0 Å². The van der Waals surface area contributed by atoms with Crippen LogP contribution in [0.25, 0.3) is 0 Å². The quantitative estimate of drug-likeness (QED) is 0.813. The number of nitrogens with zero attached hydrogens (tertiary/aromatic N) is 1. The molecule has 0 fully saturated rings. The first-order valence-electron chi connectivity index (χ1n) is 5.38. The van der Waals surface area contributed by atoms with Gasteiger partial charge in [0.15, 0.2) is 6.10 Å². The number of benzene rings is 1. The lowest BCUT2D eigenvalue weighted by atomic mass is 10.1. The summed E-state index contributed by atoms with van der Waals surface area (Å²) in [6.45, 7) is 1.87. The lowest BCUT2D eigenvalue weighted by Gasteiger charge is -2.32. The van der Waals surface area contributed by atoms with Crippen LogP contribution in [0.3, 0.4) is 0 Å². The number of nitrogens with two attached hydrogens (primary N) is 1. The Morgan fingerprint density at radius 3 is 2.88 bits per heavy atom. The maximum atomic E-state index is 12.0. The number of fused-ring (bicyclic) bond motifs is 1. The van der Waals surface area contributed by atoms with E-state index in [1.54, 1.807) is 11.9 Å². The molecule has 1 heterocycles.